The first-order chi connectivity index (χ1) is 20.0. The van der Waals surface area contributed by atoms with E-state index in [1.807, 2.05) is 31.2 Å². The minimum absolute atomic E-state index is 0.0169. The smallest absolute Gasteiger partial charge is 0.448 e. The maximum Gasteiger partial charge on any atom is 0.488 e. The van der Waals surface area contributed by atoms with Gasteiger partial charge in [-0.25, -0.2) is 9.59 Å². The Morgan fingerprint density at radius 3 is 2.12 bits per heavy atom. The highest BCUT2D eigenvalue weighted by atomic mass is 16.6. The van der Waals surface area contributed by atoms with Crippen molar-refractivity contribution >= 4 is 30.5 Å². The molecule has 1 saturated heterocycles. The first kappa shape index (κ1) is 29.6. The average Bonchev–Trinajstić information content (AvgIpc) is 3.26. The van der Waals surface area contributed by atoms with Crippen molar-refractivity contribution in [2.24, 2.45) is 0 Å². The number of amides is 2. The second-order valence-electron chi connectivity index (χ2n) is 11.9. The zero-order chi connectivity index (χ0) is 30.0. The molecule has 0 atom stereocenters. The van der Waals surface area contributed by atoms with Gasteiger partial charge in [0.05, 0.1) is 0 Å². The third-order valence-corrected chi connectivity index (χ3v) is 7.83. The lowest BCUT2D eigenvalue weighted by atomic mass is 9.78. The molecule has 0 aromatic heterocycles. The topological polar surface area (TPSA) is 112 Å². The maximum absolute atomic E-state index is 13.0. The van der Waals surface area contributed by atoms with Gasteiger partial charge in [-0.1, -0.05) is 54.6 Å². The molecule has 0 radical (unpaired) electrons. The molecule has 1 aliphatic heterocycles. The number of piperazine rings is 1. The molecule has 9 nitrogen and oxygen atoms in total. The number of nitrogens with zero attached hydrogens (tertiary/aromatic N) is 2. The molecule has 0 unspecified atom stereocenters. The number of carbonyl (C=O) groups is 2. The van der Waals surface area contributed by atoms with E-state index in [-0.39, 0.29) is 24.1 Å². The molecule has 1 heterocycles. The largest absolute Gasteiger partial charge is 0.488 e. The number of nitrogens with one attached hydrogen (secondary N) is 1. The van der Waals surface area contributed by atoms with Crippen LogP contribution < -0.4 is 10.8 Å². The average molecular weight is 571 g/mol. The zero-order valence-electron chi connectivity index (χ0n) is 24.6. The Morgan fingerprint density at radius 1 is 0.952 bits per heavy atom. The normalized spacial score (nSPS) is 15.1. The van der Waals surface area contributed by atoms with Crippen molar-refractivity contribution < 1.29 is 29.1 Å². The van der Waals surface area contributed by atoms with Crippen molar-refractivity contribution in [3.05, 3.63) is 82.9 Å². The van der Waals surface area contributed by atoms with Crippen LogP contribution in [0.3, 0.4) is 0 Å². The number of anilines is 1. The first-order valence-corrected chi connectivity index (χ1v) is 14.3. The van der Waals surface area contributed by atoms with E-state index in [1.54, 1.807) is 37.8 Å². The number of fused-ring (bicyclic) bond motifs is 3. The first-order valence-electron chi connectivity index (χ1n) is 14.3. The molecule has 0 saturated carbocycles. The van der Waals surface area contributed by atoms with Crippen LogP contribution >= 0.6 is 0 Å². The van der Waals surface area contributed by atoms with Gasteiger partial charge in [0, 0.05) is 44.3 Å². The molecule has 2 amide bonds. The molecule has 3 N–H and O–H groups in total. The summed E-state index contributed by atoms with van der Waals surface area (Å²) in [6.07, 6.45) is -0.931. The van der Waals surface area contributed by atoms with Gasteiger partial charge < -0.3 is 24.4 Å². The number of carbonyl (C=O) groups excluding carboxylic acids is 2. The van der Waals surface area contributed by atoms with Crippen LogP contribution in [0.25, 0.3) is 11.1 Å². The highest BCUT2D eigenvalue weighted by Gasteiger charge is 2.30. The molecular weight excluding hydrogens is 533 g/mol. The Morgan fingerprint density at radius 2 is 1.55 bits per heavy atom. The third-order valence-electron chi connectivity index (χ3n) is 7.83. The second kappa shape index (κ2) is 12.2. The lowest BCUT2D eigenvalue weighted by Crippen LogP contribution is -2.48. The Labute approximate surface area is 247 Å². The summed E-state index contributed by atoms with van der Waals surface area (Å²) in [7, 11) is -1.69. The fourth-order valence-corrected chi connectivity index (χ4v) is 5.67. The van der Waals surface area contributed by atoms with E-state index in [2.05, 4.69) is 34.5 Å². The number of ether oxygens (including phenoxy) is 2. The minimum Gasteiger partial charge on any atom is -0.448 e. The van der Waals surface area contributed by atoms with Crippen LogP contribution in [0.15, 0.2) is 60.7 Å². The predicted octanol–water partition coefficient (Wildman–Crippen LogP) is 4.09. The van der Waals surface area contributed by atoms with E-state index < -0.39 is 18.8 Å². The Balaban J connectivity index is 1.19. The van der Waals surface area contributed by atoms with Gasteiger partial charge in [-0.2, -0.15) is 0 Å². The Kier molecular flexibility index (Phi) is 8.59. The monoisotopic (exact) mass is 571 g/mol. The standard InChI is InChI=1S/C32H38BN3O6/c1-21-22(17-23(33(39)40)18-29(21)34-30(37)42-32(2,3)4)19-35-13-15-36(16-14-35)31(38)41-20-28-26-11-7-5-9-24(26)25-10-6-8-12-27(25)28/h5-12,17-18,28,39-40H,13-16,19-20H2,1-4H3,(H,34,37). The Hall–Kier alpha value is -3.86. The highest BCUT2D eigenvalue weighted by molar-refractivity contribution is 6.58. The summed E-state index contributed by atoms with van der Waals surface area (Å²) in [5.41, 5.74) is 6.49. The summed E-state index contributed by atoms with van der Waals surface area (Å²) >= 11 is 0. The van der Waals surface area contributed by atoms with E-state index in [0.717, 1.165) is 11.1 Å². The predicted molar refractivity (Wildman–Crippen MR) is 163 cm³/mol. The molecule has 42 heavy (non-hydrogen) atoms. The summed E-state index contributed by atoms with van der Waals surface area (Å²) < 4.78 is 11.2. The molecule has 220 valence electrons. The molecular formula is C32H38BN3O6. The van der Waals surface area contributed by atoms with Crippen LogP contribution in [-0.2, 0) is 16.0 Å². The quantitative estimate of drug-likeness (QED) is 0.383. The summed E-state index contributed by atoms with van der Waals surface area (Å²) in [5, 5.41) is 22.5. The van der Waals surface area contributed by atoms with Gasteiger partial charge in [0.15, 0.2) is 0 Å². The summed E-state index contributed by atoms with van der Waals surface area (Å²) in [5.74, 6) is 0.0169. The number of hydrogen-bond donors (Lipinski definition) is 3. The van der Waals surface area contributed by atoms with Crippen LogP contribution in [0.1, 0.15) is 48.9 Å². The van der Waals surface area contributed by atoms with Gasteiger partial charge in [0.1, 0.15) is 12.2 Å². The van der Waals surface area contributed by atoms with Crippen molar-refractivity contribution in [1.82, 2.24) is 9.80 Å². The minimum atomic E-state index is -1.69. The van der Waals surface area contributed by atoms with E-state index in [4.69, 9.17) is 9.47 Å². The molecule has 3 aromatic carbocycles. The van der Waals surface area contributed by atoms with Crippen LogP contribution in [0.4, 0.5) is 15.3 Å². The summed E-state index contributed by atoms with van der Waals surface area (Å²) in [6, 6.07) is 19.8. The van der Waals surface area contributed by atoms with Crippen LogP contribution in [0.2, 0.25) is 0 Å². The Bertz CT molecular complexity index is 1420. The molecule has 3 aromatic rings. The van der Waals surface area contributed by atoms with Crippen molar-refractivity contribution in [1.29, 1.82) is 0 Å². The van der Waals surface area contributed by atoms with Crippen molar-refractivity contribution in [2.75, 3.05) is 38.1 Å². The fourth-order valence-electron chi connectivity index (χ4n) is 5.67. The fraction of sp³-hybridized carbons (Fsp3) is 0.375. The van der Waals surface area contributed by atoms with E-state index >= 15 is 0 Å². The van der Waals surface area contributed by atoms with Crippen molar-refractivity contribution in [2.45, 2.75) is 45.8 Å². The molecule has 10 heteroatoms. The van der Waals surface area contributed by atoms with E-state index in [0.29, 0.717) is 38.4 Å². The van der Waals surface area contributed by atoms with Gasteiger partial charge in [-0.15, -0.1) is 0 Å². The third kappa shape index (κ3) is 6.62. The molecule has 0 spiro atoms. The van der Waals surface area contributed by atoms with Crippen LogP contribution in [0, 0.1) is 6.92 Å². The van der Waals surface area contributed by atoms with E-state index in [9.17, 15) is 19.6 Å². The SMILES string of the molecule is Cc1c(CN2CCN(C(=O)OCC3c4ccccc4-c4ccccc43)CC2)cc(B(O)O)cc1NC(=O)OC(C)(C)C. The molecule has 1 aliphatic carbocycles. The van der Waals surface area contributed by atoms with Crippen LogP contribution in [-0.4, -0.2) is 77.5 Å². The summed E-state index contributed by atoms with van der Waals surface area (Å²) in [6.45, 7) is 10.3. The molecule has 2 aliphatic rings. The van der Waals surface area contributed by atoms with E-state index in [1.165, 1.54) is 22.3 Å². The van der Waals surface area contributed by atoms with Crippen LogP contribution in [0.5, 0.6) is 0 Å². The van der Waals surface area contributed by atoms with Crippen molar-refractivity contribution in [3.8, 4) is 11.1 Å². The van der Waals surface area contributed by atoms with Gasteiger partial charge >= 0.3 is 19.3 Å². The zero-order valence-corrected chi connectivity index (χ0v) is 24.6. The number of benzene rings is 3. The van der Waals surface area contributed by atoms with Crippen molar-refractivity contribution in [3.63, 3.8) is 0 Å². The second-order valence-corrected chi connectivity index (χ2v) is 11.9. The molecule has 0 bridgehead atoms. The number of rotatable bonds is 6. The van der Waals surface area contributed by atoms with Gasteiger partial charge in [-0.05, 0) is 72.6 Å². The summed E-state index contributed by atoms with van der Waals surface area (Å²) in [4.78, 5) is 29.4. The van der Waals surface area contributed by atoms with Gasteiger partial charge in [0.2, 0.25) is 0 Å². The lowest BCUT2D eigenvalue weighted by Gasteiger charge is -2.34. The maximum atomic E-state index is 13.0. The lowest BCUT2D eigenvalue weighted by molar-refractivity contribution is 0.0635. The highest BCUT2D eigenvalue weighted by Crippen LogP contribution is 2.44. The molecule has 5 rings (SSSR count). The van der Waals surface area contributed by atoms with Gasteiger partial charge in [0.25, 0.3) is 0 Å². The number of hydrogen-bond acceptors (Lipinski definition) is 7. The van der Waals surface area contributed by atoms with Gasteiger partial charge in [-0.3, -0.25) is 10.2 Å². The molecule has 1 fully saturated rings.